The number of fused-ring (bicyclic) bond motifs is 2. The molecule has 1 N–H and O–H groups in total. The van der Waals surface area contributed by atoms with Gasteiger partial charge in [0.25, 0.3) is 0 Å². The van der Waals surface area contributed by atoms with Crippen LogP contribution in [0.5, 0.6) is 0 Å². The topological polar surface area (TPSA) is 66.0 Å². The number of carbonyl (C=O) groups is 1. The predicted octanol–water partition coefficient (Wildman–Crippen LogP) is 6.55. The summed E-state index contributed by atoms with van der Waals surface area (Å²) in [4.78, 5) is 26.3. The van der Waals surface area contributed by atoms with Gasteiger partial charge in [0.15, 0.2) is 11.9 Å². The van der Waals surface area contributed by atoms with Crippen LogP contribution in [0.15, 0.2) is 29.2 Å². The Bertz CT molecular complexity index is 944. The van der Waals surface area contributed by atoms with Crippen LogP contribution >= 0.6 is 11.8 Å². The van der Waals surface area contributed by atoms with E-state index in [1.54, 1.807) is 0 Å². The number of anilines is 1. The molecule has 0 aromatic heterocycles. The van der Waals surface area contributed by atoms with E-state index in [1.165, 1.54) is 11.3 Å². The van der Waals surface area contributed by atoms with Crippen LogP contribution in [0.3, 0.4) is 0 Å². The van der Waals surface area contributed by atoms with E-state index >= 15 is 0 Å². The van der Waals surface area contributed by atoms with Gasteiger partial charge in [0, 0.05) is 29.3 Å². The molecule has 5 aliphatic rings. The Balaban J connectivity index is 1.29. The van der Waals surface area contributed by atoms with Crippen LogP contribution < -0.4 is 5.32 Å². The van der Waals surface area contributed by atoms with Gasteiger partial charge in [0.1, 0.15) is 0 Å². The van der Waals surface area contributed by atoms with E-state index in [4.69, 9.17) is 19.2 Å². The molecule has 4 aliphatic heterocycles. The molecule has 0 radical (unpaired) electrons. The van der Waals surface area contributed by atoms with Gasteiger partial charge in [-0.05, 0) is 87.7 Å². The van der Waals surface area contributed by atoms with Gasteiger partial charge in [-0.25, -0.2) is 9.78 Å². The largest absolute Gasteiger partial charge is 0.343 e. The first kappa shape index (κ1) is 25.5. The van der Waals surface area contributed by atoms with Gasteiger partial charge in [-0.15, -0.1) is 11.8 Å². The fourth-order valence-corrected chi connectivity index (χ4v) is 7.74. The summed E-state index contributed by atoms with van der Waals surface area (Å²) in [5, 5.41) is 3.09. The summed E-state index contributed by atoms with van der Waals surface area (Å²) < 4.78 is 13.3. The van der Waals surface area contributed by atoms with Crippen molar-refractivity contribution in [1.82, 2.24) is 0 Å². The highest BCUT2D eigenvalue weighted by atomic mass is 32.2. The first-order valence-electron chi connectivity index (χ1n) is 13.4. The number of nitrogens with one attached hydrogen (secondary N) is 1. The van der Waals surface area contributed by atoms with Crippen molar-refractivity contribution in [3.63, 3.8) is 0 Å². The molecule has 1 spiro atoms. The lowest BCUT2D eigenvalue weighted by molar-refractivity contribution is -0.576. The number of carbonyl (C=O) groups excluding carboxylic acids is 1. The molecule has 6 nitrogen and oxygen atoms in total. The number of hydrogen-bond acceptors (Lipinski definition) is 6. The highest BCUT2D eigenvalue weighted by Crippen LogP contribution is 2.62. The molecule has 1 amide bonds. The van der Waals surface area contributed by atoms with Gasteiger partial charge in [-0.1, -0.05) is 26.8 Å². The molecule has 4 saturated heterocycles. The quantitative estimate of drug-likeness (QED) is 0.336. The number of amides is 1. The summed E-state index contributed by atoms with van der Waals surface area (Å²) in [6.45, 7) is 10.9. The van der Waals surface area contributed by atoms with E-state index in [1.807, 2.05) is 30.8 Å². The maximum atomic E-state index is 13.0. The van der Waals surface area contributed by atoms with E-state index in [-0.39, 0.29) is 17.7 Å². The standard InChI is InChI=1S/C28H41NO5S/c1-6-16-35-21-9-7-8-20(17-21)29-24(30)13-14-26(4)19(3)23-11-10-18(2)22-12-15-27(5)32-25(31-26)28(22,23)34-33-27/h7-9,17-19,22-23,25H,6,10-16H2,1-5H3,(H,29,30)/t18-,19-,22+,23+,25-,26?,27+,28-/m1/s1. The summed E-state index contributed by atoms with van der Waals surface area (Å²) in [5.74, 6) is 1.68. The monoisotopic (exact) mass is 503 g/mol. The van der Waals surface area contributed by atoms with Crippen molar-refractivity contribution in [2.45, 2.75) is 108 Å². The number of benzene rings is 1. The minimum absolute atomic E-state index is 0.0185. The number of ether oxygens (including phenoxy) is 2. The Morgan fingerprint density at radius 2 is 1.94 bits per heavy atom. The second kappa shape index (κ2) is 9.64. The van der Waals surface area contributed by atoms with Gasteiger partial charge in [-0.3, -0.25) is 4.79 Å². The average Bonchev–Trinajstić information content (AvgIpc) is 3.06. The Kier molecular flexibility index (Phi) is 7.03. The second-order valence-corrected chi connectivity index (χ2v) is 12.7. The van der Waals surface area contributed by atoms with Crippen molar-refractivity contribution >= 4 is 23.4 Å². The van der Waals surface area contributed by atoms with Crippen molar-refractivity contribution in [3.05, 3.63) is 24.3 Å². The molecule has 1 unspecified atom stereocenters. The molecular formula is C28H41NO5S. The van der Waals surface area contributed by atoms with Gasteiger partial charge in [-0.2, -0.15) is 0 Å². The third-order valence-corrected chi connectivity index (χ3v) is 10.4. The third kappa shape index (κ3) is 4.56. The summed E-state index contributed by atoms with van der Waals surface area (Å²) in [6.07, 6.45) is 5.75. The van der Waals surface area contributed by atoms with Crippen LogP contribution in [0.4, 0.5) is 5.69 Å². The van der Waals surface area contributed by atoms with Gasteiger partial charge in [0.05, 0.1) is 5.60 Å². The highest BCUT2D eigenvalue weighted by molar-refractivity contribution is 7.99. The Labute approximate surface area is 214 Å². The fraction of sp³-hybridized carbons (Fsp3) is 0.750. The van der Waals surface area contributed by atoms with Crippen molar-refractivity contribution in [3.8, 4) is 0 Å². The molecular weight excluding hydrogens is 462 g/mol. The molecule has 1 aromatic rings. The molecule has 8 atom stereocenters. The Hall–Kier alpha value is -1.12. The van der Waals surface area contributed by atoms with Crippen LogP contribution in [0.2, 0.25) is 0 Å². The lowest BCUT2D eigenvalue weighted by Crippen LogP contribution is -2.72. The molecule has 194 valence electrons. The molecule has 6 rings (SSSR count). The normalized spacial score (nSPS) is 42.3. The number of thioether (sulfide) groups is 1. The third-order valence-electron chi connectivity index (χ3n) is 9.16. The zero-order valence-electron chi connectivity index (χ0n) is 21.8. The molecule has 35 heavy (non-hydrogen) atoms. The number of rotatable bonds is 7. The summed E-state index contributed by atoms with van der Waals surface area (Å²) in [7, 11) is 0. The van der Waals surface area contributed by atoms with Crippen molar-refractivity contribution in [2.75, 3.05) is 11.1 Å². The van der Waals surface area contributed by atoms with Crippen LogP contribution in [0.25, 0.3) is 0 Å². The van der Waals surface area contributed by atoms with Crippen molar-refractivity contribution in [1.29, 1.82) is 0 Å². The van der Waals surface area contributed by atoms with Crippen LogP contribution in [-0.4, -0.2) is 34.9 Å². The first-order valence-corrected chi connectivity index (χ1v) is 14.4. The van der Waals surface area contributed by atoms with Crippen LogP contribution in [-0.2, 0) is 24.0 Å². The smallest absolute Gasteiger partial charge is 0.224 e. The van der Waals surface area contributed by atoms with E-state index < -0.39 is 23.3 Å². The minimum atomic E-state index is -0.781. The molecule has 5 fully saturated rings. The van der Waals surface area contributed by atoms with Crippen LogP contribution in [0.1, 0.15) is 79.6 Å². The summed E-state index contributed by atoms with van der Waals surface area (Å²) >= 11 is 1.82. The van der Waals surface area contributed by atoms with Crippen LogP contribution in [0, 0.1) is 23.7 Å². The van der Waals surface area contributed by atoms with E-state index in [0.29, 0.717) is 24.7 Å². The van der Waals surface area contributed by atoms with E-state index in [9.17, 15) is 4.79 Å². The molecule has 1 aromatic carbocycles. The molecule has 4 heterocycles. The summed E-state index contributed by atoms with van der Waals surface area (Å²) in [5.41, 5.74) is -0.192. The highest BCUT2D eigenvalue weighted by Gasteiger charge is 2.70. The fourth-order valence-electron chi connectivity index (χ4n) is 6.92. The van der Waals surface area contributed by atoms with Gasteiger partial charge >= 0.3 is 0 Å². The molecule has 1 aliphatic carbocycles. The zero-order chi connectivity index (χ0) is 24.8. The molecule has 2 bridgehead atoms. The van der Waals surface area contributed by atoms with Gasteiger partial charge in [0.2, 0.25) is 11.7 Å². The Morgan fingerprint density at radius 3 is 2.74 bits per heavy atom. The maximum Gasteiger partial charge on any atom is 0.224 e. The van der Waals surface area contributed by atoms with Crippen molar-refractivity contribution < 1.29 is 24.0 Å². The molecule has 7 heteroatoms. The SMILES string of the molecule is CCCSc1cccc(NC(=O)CCC2(C)O[C@@H]3O[C@]4(C)CC[C@H]5[C@H](C)CC[C@@H]([C@H]2C)[C@@]35OO4)c1. The lowest BCUT2D eigenvalue weighted by Gasteiger charge is -2.63. The average molecular weight is 504 g/mol. The zero-order valence-corrected chi connectivity index (χ0v) is 22.6. The van der Waals surface area contributed by atoms with Crippen molar-refractivity contribution in [2.24, 2.45) is 23.7 Å². The van der Waals surface area contributed by atoms with Gasteiger partial charge < -0.3 is 14.8 Å². The summed E-state index contributed by atoms with van der Waals surface area (Å²) in [6, 6.07) is 8.11. The minimum Gasteiger partial charge on any atom is -0.343 e. The first-order chi connectivity index (χ1) is 16.7. The second-order valence-electron chi connectivity index (χ2n) is 11.6. The molecule has 1 saturated carbocycles. The van der Waals surface area contributed by atoms with E-state index in [2.05, 4.69) is 45.1 Å². The lowest BCUT2D eigenvalue weighted by atomic mass is 9.55. The number of hydrogen-bond donors (Lipinski definition) is 1. The predicted molar refractivity (Wildman–Crippen MR) is 137 cm³/mol. The Morgan fingerprint density at radius 1 is 1.11 bits per heavy atom. The van der Waals surface area contributed by atoms with E-state index in [0.717, 1.165) is 37.1 Å². The maximum absolute atomic E-state index is 13.0.